The molecule has 19 heavy (non-hydrogen) atoms. The van der Waals surface area contributed by atoms with Crippen LogP contribution in [0.5, 0.6) is 0 Å². The minimum absolute atomic E-state index is 0.638. The van der Waals surface area contributed by atoms with Gasteiger partial charge in [-0.1, -0.05) is 0 Å². The Kier molecular flexibility index (Phi) is 2.71. The number of hydrogen-bond donors (Lipinski definition) is 0. The molecular formula is C15H17N3S. The first-order valence-electron chi connectivity index (χ1n) is 7.01. The SMILES string of the molecule is N#CC1=C2C=CN([C@H]3CN4CCC3CC4)C=C2SC1. The van der Waals surface area contributed by atoms with Gasteiger partial charge in [0.2, 0.25) is 0 Å². The van der Waals surface area contributed by atoms with Crippen LogP contribution < -0.4 is 0 Å². The molecule has 4 heteroatoms. The highest BCUT2D eigenvalue weighted by Crippen LogP contribution is 2.41. The molecule has 5 aliphatic rings. The highest BCUT2D eigenvalue weighted by molar-refractivity contribution is 8.03. The van der Waals surface area contributed by atoms with Crippen LogP contribution in [-0.4, -0.2) is 41.2 Å². The standard InChI is InChI=1S/C15H17N3S/c16-7-12-10-19-15-9-18(6-3-13(12)15)14-8-17-4-1-11(14)2-5-17/h3,6,9,11,14H,1-2,4-5,8,10H2/t14-/m0/s1. The molecule has 5 rings (SSSR count). The Hall–Kier alpha value is -1.18. The third-order valence-electron chi connectivity index (χ3n) is 4.78. The summed E-state index contributed by atoms with van der Waals surface area (Å²) in [5.74, 6) is 1.69. The van der Waals surface area contributed by atoms with Crippen LogP contribution in [-0.2, 0) is 0 Å². The molecule has 5 aliphatic heterocycles. The number of nitriles is 1. The van der Waals surface area contributed by atoms with Crippen LogP contribution in [0.25, 0.3) is 0 Å². The molecule has 0 radical (unpaired) electrons. The van der Waals surface area contributed by atoms with Gasteiger partial charge in [0.15, 0.2) is 0 Å². The second-order valence-electron chi connectivity index (χ2n) is 5.75. The molecule has 0 amide bonds. The van der Waals surface area contributed by atoms with Crippen LogP contribution in [0, 0.1) is 17.2 Å². The number of nitrogens with zero attached hydrogens (tertiary/aromatic N) is 3. The molecule has 0 unspecified atom stereocenters. The Morgan fingerprint density at radius 1 is 1.32 bits per heavy atom. The molecule has 1 atom stereocenters. The topological polar surface area (TPSA) is 30.3 Å². The van der Waals surface area contributed by atoms with Gasteiger partial charge in [0.25, 0.3) is 0 Å². The van der Waals surface area contributed by atoms with Crippen molar-refractivity contribution in [2.24, 2.45) is 5.92 Å². The number of piperidine rings is 3. The number of allylic oxidation sites excluding steroid dienone is 2. The maximum Gasteiger partial charge on any atom is 0.0962 e. The van der Waals surface area contributed by atoms with E-state index in [0.29, 0.717) is 6.04 Å². The van der Waals surface area contributed by atoms with Gasteiger partial charge in [-0.05, 0) is 37.9 Å². The zero-order chi connectivity index (χ0) is 12.8. The second-order valence-corrected chi connectivity index (χ2v) is 6.77. The summed E-state index contributed by atoms with van der Waals surface area (Å²) >= 11 is 1.80. The molecule has 3 nitrogen and oxygen atoms in total. The second kappa shape index (κ2) is 4.43. The highest BCUT2D eigenvalue weighted by atomic mass is 32.2. The Bertz CT molecular complexity index is 532. The molecule has 0 N–H and O–H groups in total. The van der Waals surface area contributed by atoms with E-state index in [9.17, 15) is 0 Å². The van der Waals surface area contributed by atoms with E-state index in [2.05, 4.69) is 34.3 Å². The fourth-order valence-corrected chi connectivity index (χ4v) is 4.72. The molecular weight excluding hydrogens is 254 g/mol. The van der Waals surface area contributed by atoms with E-state index in [1.807, 2.05) is 0 Å². The smallest absolute Gasteiger partial charge is 0.0962 e. The van der Waals surface area contributed by atoms with E-state index in [0.717, 1.165) is 22.8 Å². The lowest BCUT2D eigenvalue weighted by atomic mass is 9.83. The van der Waals surface area contributed by atoms with Crippen LogP contribution in [0.4, 0.5) is 0 Å². The van der Waals surface area contributed by atoms with E-state index < -0.39 is 0 Å². The third kappa shape index (κ3) is 1.84. The van der Waals surface area contributed by atoms with Crippen molar-refractivity contribution in [2.45, 2.75) is 18.9 Å². The quantitative estimate of drug-likeness (QED) is 0.732. The maximum absolute atomic E-state index is 9.10. The molecule has 0 aromatic heterocycles. The molecule has 3 saturated heterocycles. The van der Waals surface area contributed by atoms with Crippen LogP contribution in [0.15, 0.2) is 34.5 Å². The summed E-state index contributed by atoms with van der Waals surface area (Å²) in [6, 6.07) is 2.96. The summed E-state index contributed by atoms with van der Waals surface area (Å²) in [5.41, 5.74) is 2.09. The predicted octanol–water partition coefficient (Wildman–Crippen LogP) is 2.32. The fourth-order valence-electron chi connectivity index (χ4n) is 3.65. The van der Waals surface area contributed by atoms with Gasteiger partial charge in [-0.25, -0.2) is 0 Å². The molecule has 0 spiro atoms. The number of rotatable bonds is 1. The van der Waals surface area contributed by atoms with Crippen LogP contribution in [0.1, 0.15) is 12.8 Å². The largest absolute Gasteiger partial charge is 0.349 e. The first kappa shape index (κ1) is 11.6. The van der Waals surface area contributed by atoms with Gasteiger partial charge < -0.3 is 9.80 Å². The highest BCUT2D eigenvalue weighted by Gasteiger charge is 2.37. The molecule has 0 aromatic carbocycles. The summed E-state index contributed by atoms with van der Waals surface area (Å²) in [5, 5.41) is 9.10. The molecule has 98 valence electrons. The molecule has 5 heterocycles. The Labute approximate surface area is 118 Å². The first-order chi connectivity index (χ1) is 9.35. The van der Waals surface area contributed by atoms with Gasteiger partial charge in [-0.3, -0.25) is 0 Å². The van der Waals surface area contributed by atoms with Crippen molar-refractivity contribution in [1.29, 1.82) is 5.26 Å². The number of hydrogen-bond acceptors (Lipinski definition) is 4. The maximum atomic E-state index is 9.10. The van der Waals surface area contributed by atoms with E-state index in [1.165, 1.54) is 37.4 Å². The Morgan fingerprint density at radius 3 is 2.84 bits per heavy atom. The molecule has 0 aromatic rings. The van der Waals surface area contributed by atoms with Crippen molar-refractivity contribution in [1.82, 2.24) is 9.80 Å². The van der Waals surface area contributed by atoms with Gasteiger partial charge >= 0.3 is 0 Å². The minimum Gasteiger partial charge on any atom is -0.349 e. The van der Waals surface area contributed by atoms with Crippen LogP contribution in [0.2, 0.25) is 0 Å². The monoisotopic (exact) mass is 271 g/mol. The van der Waals surface area contributed by atoms with Crippen molar-refractivity contribution in [3.05, 3.63) is 34.5 Å². The number of fused-ring (bicyclic) bond motifs is 4. The van der Waals surface area contributed by atoms with Gasteiger partial charge in [0.05, 0.1) is 6.07 Å². The lowest BCUT2D eigenvalue weighted by Crippen LogP contribution is -2.55. The molecule has 3 fully saturated rings. The zero-order valence-corrected chi connectivity index (χ0v) is 11.7. The van der Waals surface area contributed by atoms with Crippen molar-refractivity contribution in [3.8, 4) is 6.07 Å². The van der Waals surface area contributed by atoms with E-state index >= 15 is 0 Å². The van der Waals surface area contributed by atoms with Gasteiger partial charge in [-0.2, -0.15) is 5.26 Å². The average molecular weight is 271 g/mol. The summed E-state index contributed by atoms with van der Waals surface area (Å²) in [6.07, 6.45) is 9.30. The van der Waals surface area contributed by atoms with Crippen LogP contribution in [0.3, 0.4) is 0 Å². The molecule has 0 aliphatic carbocycles. The number of thioether (sulfide) groups is 1. The van der Waals surface area contributed by atoms with Gasteiger partial charge in [-0.15, -0.1) is 11.8 Å². The Balaban J connectivity index is 1.60. The van der Waals surface area contributed by atoms with E-state index in [4.69, 9.17) is 5.26 Å². The Morgan fingerprint density at radius 2 is 2.16 bits per heavy atom. The minimum atomic E-state index is 0.638. The lowest BCUT2D eigenvalue weighted by Gasteiger charge is -2.48. The predicted molar refractivity (Wildman–Crippen MR) is 77.1 cm³/mol. The van der Waals surface area contributed by atoms with Crippen molar-refractivity contribution >= 4 is 11.8 Å². The molecule has 2 bridgehead atoms. The van der Waals surface area contributed by atoms with E-state index in [-0.39, 0.29) is 0 Å². The van der Waals surface area contributed by atoms with Gasteiger partial charge in [0, 0.05) is 46.8 Å². The van der Waals surface area contributed by atoms with Crippen LogP contribution >= 0.6 is 11.8 Å². The summed E-state index contributed by atoms with van der Waals surface area (Å²) in [6.45, 7) is 3.77. The average Bonchev–Trinajstić information content (AvgIpc) is 2.90. The normalized spacial score (nSPS) is 36.3. The summed E-state index contributed by atoms with van der Waals surface area (Å²) in [4.78, 5) is 6.28. The van der Waals surface area contributed by atoms with E-state index in [1.54, 1.807) is 11.8 Å². The van der Waals surface area contributed by atoms with Crippen molar-refractivity contribution in [2.75, 3.05) is 25.4 Å². The first-order valence-corrected chi connectivity index (χ1v) is 8.00. The summed E-state index contributed by atoms with van der Waals surface area (Å²) in [7, 11) is 0. The lowest BCUT2D eigenvalue weighted by molar-refractivity contribution is 0.0413. The van der Waals surface area contributed by atoms with Crippen molar-refractivity contribution < 1.29 is 0 Å². The third-order valence-corrected chi connectivity index (χ3v) is 5.85. The zero-order valence-electron chi connectivity index (χ0n) is 10.9. The fraction of sp³-hybridized carbons (Fsp3) is 0.533. The van der Waals surface area contributed by atoms with Gasteiger partial charge in [0.1, 0.15) is 0 Å². The van der Waals surface area contributed by atoms with Crippen molar-refractivity contribution in [3.63, 3.8) is 0 Å². The molecule has 0 saturated carbocycles. The summed E-state index contributed by atoms with van der Waals surface area (Å²) < 4.78 is 0.